The molecule has 5 aliphatic rings. The minimum absolute atomic E-state index is 0.0395. The standard InChI is InChI=1S/C33H41F2NO5/c1-28(2,3)19-7-9-21(10-8-19)36-17-20-15-30(5)25-14-24(34)23-13-22(38)11-12-29(23,4)32(25,35)26(39)16-31(30,6)33(20,41-36)27(40)18-37/h7-13,20,24-26,37,39H,14-18H2,1-6H3/t20-,24-,25-,26-,29-,30-,31-,32-,33-/m0/s1. The van der Waals surface area contributed by atoms with Crippen molar-refractivity contribution in [3.8, 4) is 0 Å². The van der Waals surface area contributed by atoms with Crippen molar-refractivity contribution in [2.75, 3.05) is 18.2 Å². The Kier molecular flexibility index (Phi) is 6.00. The number of nitrogens with zero attached hydrogens (tertiary/aromatic N) is 1. The van der Waals surface area contributed by atoms with E-state index in [1.54, 1.807) is 12.0 Å². The minimum Gasteiger partial charge on any atom is -0.390 e. The van der Waals surface area contributed by atoms with Gasteiger partial charge in [0.15, 0.2) is 22.8 Å². The average Bonchev–Trinajstić information content (AvgIpc) is 3.37. The minimum atomic E-state index is -2.27. The summed E-state index contributed by atoms with van der Waals surface area (Å²) < 4.78 is 33.7. The van der Waals surface area contributed by atoms with Gasteiger partial charge in [0.25, 0.3) is 0 Å². The van der Waals surface area contributed by atoms with Gasteiger partial charge in [0, 0.05) is 22.7 Å². The number of fused-ring (bicyclic) bond motifs is 7. The number of halogens is 2. The number of carbonyl (C=O) groups is 2. The van der Waals surface area contributed by atoms with E-state index in [0.717, 1.165) is 11.3 Å². The quantitative estimate of drug-likeness (QED) is 0.535. The maximum Gasteiger partial charge on any atom is 0.193 e. The van der Waals surface area contributed by atoms with E-state index in [-0.39, 0.29) is 23.8 Å². The van der Waals surface area contributed by atoms with Crippen LogP contribution in [0.1, 0.15) is 66.4 Å². The van der Waals surface area contributed by atoms with Crippen LogP contribution < -0.4 is 5.06 Å². The molecule has 6 nitrogen and oxygen atoms in total. The zero-order valence-corrected chi connectivity index (χ0v) is 24.7. The number of hydrogen-bond donors (Lipinski definition) is 2. The molecule has 222 valence electrons. The summed E-state index contributed by atoms with van der Waals surface area (Å²) in [5.74, 6) is -2.28. The molecule has 0 aromatic heterocycles. The Morgan fingerprint density at radius 3 is 2.41 bits per heavy atom. The van der Waals surface area contributed by atoms with E-state index in [1.807, 2.05) is 38.1 Å². The molecule has 1 heterocycles. The van der Waals surface area contributed by atoms with Crippen molar-refractivity contribution in [1.29, 1.82) is 0 Å². The highest BCUT2D eigenvalue weighted by Crippen LogP contribution is 2.77. The van der Waals surface area contributed by atoms with Gasteiger partial charge in [0.2, 0.25) is 0 Å². The number of alkyl halides is 2. The molecular weight excluding hydrogens is 528 g/mol. The maximum absolute atomic E-state index is 17.7. The largest absolute Gasteiger partial charge is 0.390 e. The van der Waals surface area contributed by atoms with Crippen molar-refractivity contribution in [3.63, 3.8) is 0 Å². The van der Waals surface area contributed by atoms with Crippen LogP contribution in [0.15, 0.2) is 48.1 Å². The number of carbonyl (C=O) groups excluding carboxylic acids is 2. The number of hydroxylamine groups is 1. The number of allylic oxidation sites excluding steroid dienone is 4. The van der Waals surface area contributed by atoms with Gasteiger partial charge in [-0.25, -0.2) is 8.78 Å². The Labute approximate surface area is 240 Å². The molecule has 8 heteroatoms. The molecule has 2 N–H and O–H groups in total. The molecule has 3 saturated carbocycles. The lowest BCUT2D eigenvalue weighted by atomic mass is 9.39. The molecule has 0 unspecified atom stereocenters. The van der Waals surface area contributed by atoms with Gasteiger partial charge in [-0.1, -0.05) is 52.8 Å². The smallest absolute Gasteiger partial charge is 0.193 e. The first-order chi connectivity index (χ1) is 19.0. The summed E-state index contributed by atoms with van der Waals surface area (Å²) in [6.45, 7) is 11.3. The zero-order valence-electron chi connectivity index (χ0n) is 24.7. The van der Waals surface area contributed by atoms with Crippen LogP contribution in [0.2, 0.25) is 0 Å². The molecule has 41 heavy (non-hydrogen) atoms. The van der Waals surface area contributed by atoms with Crippen molar-refractivity contribution in [2.24, 2.45) is 28.1 Å². The first kappa shape index (κ1) is 28.7. The average molecular weight is 570 g/mol. The third kappa shape index (κ3) is 3.33. The molecule has 1 aromatic carbocycles. The van der Waals surface area contributed by atoms with E-state index < -0.39 is 69.8 Å². The van der Waals surface area contributed by atoms with Crippen LogP contribution in [0.3, 0.4) is 0 Å². The summed E-state index contributed by atoms with van der Waals surface area (Å²) in [5.41, 5.74) is -5.43. The SMILES string of the molecule is CC(C)(C)c1ccc(N2C[C@@H]3C[C@@]4(C)[C@@H]5C[C@H](F)C6=CC(=O)C=C[C@]6(C)[C@@]5(F)[C@@H](O)C[C@]4(C)[C@]3(C(=O)CO)O2)cc1. The van der Waals surface area contributed by atoms with Gasteiger partial charge in [0.1, 0.15) is 12.8 Å². The molecule has 1 aliphatic heterocycles. The van der Waals surface area contributed by atoms with Crippen LogP contribution in [-0.4, -0.2) is 58.5 Å². The molecular formula is C33H41F2NO5. The van der Waals surface area contributed by atoms with E-state index >= 15 is 8.78 Å². The lowest BCUT2D eigenvalue weighted by Gasteiger charge is -2.67. The number of benzene rings is 1. The summed E-state index contributed by atoms with van der Waals surface area (Å²) >= 11 is 0. The highest BCUT2D eigenvalue weighted by Gasteiger charge is 2.83. The third-order valence-electron chi connectivity index (χ3n) is 12.0. The number of ketones is 2. The fraction of sp³-hybridized carbons (Fsp3) is 0.636. The number of hydrogen-bond acceptors (Lipinski definition) is 6. The first-order valence-electron chi connectivity index (χ1n) is 14.7. The van der Waals surface area contributed by atoms with Gasteiger partial charge >= 0.3 is 0 Å². The van der Waals surface area contributed by atoms with Gasteiger partial charge in [-0.2, -0.15) is 0 Å². The monoisotopic (exact) mass is 569 g/mol. The number of Topliss-reactive ketones (excluding diaryl/α,β-unsaturated/α-hetero) is 1. The Morgan fingerprint density at radius 2 is 1.80 bits per heavy atom. The highest BCUT2D eigenvalue weighted by molar-refractivity contribution is 6.01. The third-order valence-corrected chi connectivity index (χ3v) is 12.0. The second-order valence-electron chi connectivity index (χ2n) is 14.7. The van der Waals surface area contributed by atoms with Gasteiger partial charge in [-0.3, -0.25) is 19.5 Å². The van der Waals surface area contributed by atoms with Gasteiger partial charge < -0.3 is 10.2 Å². The zero-order chi connectivity index (χ0) is 30.0. The normalized spacial score (nSPS) is 45.1. The number of aliphatic hydroxyl groups is 2. The van der Waals surface area contributed by atoms with Crippen molar-refractivity contribution in [3.05, 3.63) is 53.6 Å². The van der Waals surface area contributed by atoms with E-state index in [2.05, 4.69) is 20.8 Å². The van der Waals surface area contributed by atoms with Gasteiger partial charge in [-0.15, -0.1) is 0 Å². The molecule has 4 fully saturated rings. The van der Waals surface area contributed by atoms with E-state index in [4.69, 9.17) is 4.84 Å². The van der Waals surface area contributed by atoms with Crippen LogP contribution in [0, 0.1) is 28.1 Å². The molecule has 1 saturated heterocycles. The van der Waals surface area contributed by atoms with E-state index in [0.29, 0.717) is 13.0 Å². The van der Waals surface area contributed by atoms with Crippen LogP contribution in [0.25, 0.3) is 0 Å². The molecule has 0 bridgehead atoms. The predicted molar refractivity (Wildman–Crippen MR) is 151 cm³/mol. The Bertz CT molecular complexity index is 1370. The Morgan fingerprint density at radius 1 is 1.15 bits per heavy atom. The summed E-state index contributed by atoms with van der Waals surface area (Å²) in [5, 5.41) is 23.7. The van der Waals surface area contributed by atoms with Crippen LogP contribution in [0.4, 0.5) is 14.5 Å². The fourth-order valence-electron chi connectivity index (χ4n) is 9.60. The lowest BCUT2D eigenvalue weighted by Crippen LogP contribution is -2.73. The molecule has 0 spiro atoms. The summed E-state index contributed by atoms with van der Waals surface area (Å²) in [6, 6.07) is 7.95. The number of aliphatic hydroxyl groups excluding tert-OH is 2. The molecule has 9 atom stereocenters. The lowest BCUT2D eigenvalue weighted by molar-refractivity contribution is -0.256. The van der Waals surface area contributed by atoms with Gasteiger partial charge in [-0.05, 0) is 72.4 Å². The summed E-state index contributed by atoms with van der Waals surface area (Å²) in [4.78, 5) is 32.6. The van der Waals surface area contributed by atoms with Crippen molar-refractivity contribution >= 4 is 17.3 Å². The van der Waals surface area contributed by atoms with Crippen LogP contribution in [0.5, 0.6) is 0 Å². The number of rotatable bonds is 3. The second-order valence-corrected chi connectivity index (χ2v) is 14.7. The molecule has 1 aromatic rings. The van der Waals surface area contributed by atoms with Crippen molar-refractivity contribution in [1.82, 2.24) is 0 Å². The Balaban J connectivity index is 1.44. The molecule has 4 aliphatic carbocycles. The Hall–Kier alpha value is -2.42. The van der Waals surface area contributed by atoms with Crippen LogP contribution >= 0.6 is 0 Å². The van der Waals surface area contributed by atoms with Gasteiger partial charge in [0.05, 0.1) is 18.3 Å². The highest BCUT2D eigenvalue weighted by atomic mass is 19.1. The fourth-order valence-corrected chi connectivity index (χ4v) is 9.60. The maximum atomic E-state index is 17.7. The molecule has 0 radical (unpaired) electrons. The van der Waals surface area contributed by atoms with Crippen molar-refractivity contribution < 1.29 is 33.4 Å². The summed E-state index contributed by atoms with van der Waals surface area (Å²) in [6.07, 6.45) is 0.759. The van der Waals surface area contributed by atoms with E-state index in [1.165, 1.54) is 18.2 Å². The van der Waals surface area contributed by atoms with Crippen molar-refractivity contribution in [2.45, 2.75) is 89.8 Å². The molecule has 0 amide bonds. The summed E-state index contributed by atoms with van der Waals surface area (Å²) in [7, 11) is 0. The first-order valence-corrected chi connectivity index (χ1v) is 14.7. The van der Waals surface area contributed by atoms with E-state index in [9.17, 15) is 19.8 Å². The predicted octanol–water partition coefficient (Wildman–Crippen LogP) is 4.97. The second kappa shape index (κ2) is 8.57. The number of anilines is 1. The topological polar surface area (TPSA) is 87.1 Å². The molecule has 6 rings (SSSR count). The van der Waals surface area contributed by atoms with Crippen LogP contribution in [-0.2, 0) is 19.8 Å².